The molecule has 0 unspecified atom stereocenters. The monoisotopic (exact) mass is 451 g/mol. The summed E-state index contributed by atoms with van der Waals surface area (Å²) in [6.07, 6.45) is 0. The average Bonchev–Trinajstić information content (AvgIpc) is 3.28. The number of amides is 2. The molecule has 2 aromatic rings. The number of hydrogen-bond acceptors (Lipinski definition) is 6. The second-order valence-corrected chi connectivity index (χ2v) is 8.65. The molecule has 1 N–H and O–H groups in total. The minimum absolute atomic E-state index is 0.101. The normalized spacial score (nSPS) is 18.3. The van der Waals surface area contributed by atoms with Crippen LogP contribution in [0.2, 0.25) is 10.0 Å². The number of carbonyl (C=O) groups is 2. The number of thiophene rings is 1. The van der Waals surface area contributed by atoms with Crippen molar-refractivity contribution < 1.29 is 14.7 Å². The SMILES string of the molecule is O=C1C(c2cccs2)=C(N2CCN(CCO)CC2)C(=O)N1c1cc(Cl)cc(Cl)c1. The first kappa shape index (κ1) is 20.4. The van der Waals surface area contributed by atoms with Gasteiger partial charge in [-0.05, 0) is 29.6 Å². The fourth-order valence-corrected chi connectivity index (χ4v) is 4.97. The third kappa shape index (κ3) is 3.93. The van der Waals surface area contributed by atoms with Gasteiger partial charge in [-0.2, -0.15) is 0 Å². The number of carbonyl (C=O) groups excluding carboxylic acids is 2. The van der Waals surface area contributed by atoms with Crippen LogP contribution in [0, 0.1) is 0 Å². The summed E-state index contributed by atoms with van der Waals surface area (Å²) in [5, 5.41) is 11.8. The van der Waals surface area contributed by atoms with Gasteiger partial charge in [0, 0.05) is 47.6 Å². The van der Waals surface area contributed by atoms with E-state index >= 15 is 0 Å². The molecule has 2 aliphatic heterocycles. The predicted molar refractivity (Wildman–Crippen MR) is 115 cm³/mol. The van der Waals surface area contributed by atoms with E-state index in [0.717, 1.165) is 9.78 Å². The number of nitrogens with zero attached hydrogens (tertiary/aromatic N) is 3. The Labute approximate surface area is 182 Å². The van der Waals surface area contributed by atoms with Gasteiger partial charge in [-0.1, -0.05) is 29.3 Å². The van der Waals surface area contributed by atoms with Crippen molar-refractivity contribution >= 4 is 57.6 Å². The summed E-state index contributed by atoms with van der Waals surface area (Å²) in [6, 6.07) is 8.41. The topological polar surface area (TPSA) is 64.1 Å². The molecule has 0 spiro atoms. The number of imide groups is 1. The number of rotatable bonds is 5. The second-order valence-electron chi connectivity index (χ2n) is 6.83. The number of aliphatic hydroxyl groups is 1. The standard InChI is InChI=1S/C20H19Cl2N3O3S/c21-13-10-14(22)12-15(11-13)25-19(27)17(16-2-1-9-29-16)18(20(25)28)24-5-3-23(4-6-24)7-8-26/h1-2,9-12,26H,3-8H2. The number of anilines is 1. The molecule has 0 atom stereocenters. The van der Waals surface area contributed by atoms with Gasteiger partial charge in [0.15, 0.2) is 0 Å². The van der Waals surface area contributed by atoms with Gasteiger partial charge in [0.05, 0.1) is 17.9 Å². The molecule has 3 heterocycles. The molecule has 2 aliphatic rings. The van der Waals surface area contributed by atoms with Gasteiger partial charge in [0.2, 0.25) is 0 Å². The van der Waals surface area contributed by atoms with Crippen molar-refractivity contribution in [2.24, 2.45) is 0 Å². The Bertz CT molecular complexity index is 949. The van der Waals surface area contributed by atoms with Crippen molar-refractivity contribution in [3.8, 4) is 0 Å². The molecule has 6 nitrogen and oxygen atoms in total. The van der Waals surface area contributed by atoms with Crippen LogP contribution in [0.1, 0.15) is 4.88 Å². The third-order valence-corrected chi connectivity index (χ3v) is 6.36. The first-order valence-electron chi connectivity index (χ1n) is 9.21. The van der Waals surface area contributed by atoms with Gasteiger partial charge in [-0.25, -0.2) is 4.90 Å². The van der Waals surface area contributed by atoms with Gasteiger partial charge in [0.1, 0.15) is 5.70 Å². The highest BCUT2D eigenvalue weighted by Crippen LogP contribution is 2.38. The molecule has 1 aromatic heterocycles. The van der Waals surface area contributed by atoms with Gasteiger partial charge < -0.3 is 10.0 Å². The molecule has 1 fully saturated rings. The highest BCUT2D eigenvalue weighted by Gasteiger charge is 2.43. The molecule has 0 bridgehead atoms. The van der Waals surface area contributed by atoms with Crippen molar-refractivity contribution in [3.63, 3.8) is 0 Å². The molecule has 9 heteroatoms. The largest absolute Gasteiger partial charge is 0.395 e. The summed E-state index contributed by atoms with van der Waals surface area (Å²) in [4.78, 5) is 32.8. The summed E-state index contributed by atoms with van der Waals surface area (Å²) < 4.78 is 0. The maximum absolute atomic E-state index is 13.4. The summed E-state index contributed by atoms with van der Waals surface area (Å²) in [7, 11) is 0. The zero-order chi connectivity index (χ0) is 20.5. The van der Waals surface area contributed by atoms with Gasteiger partial charge >= 0.3 is 0 Å². The minimum Gasteiger partial charge on any atom is -0.395 e. The smallest absolute Gasteiger partial charge is 0.282 e. The predicted octanol–water partition coefficient (Wildman–Crippen LogP) is 2.95. The molecule has 0 aliphatic carbocycles. The van der Waals surface area contributed by atoms with Gasteiger partial charge in [-0.3, -0.25) is 14.5 Å². The summed E-state index contributed by atoms with van der Waals surface area (Å²) in [5.74, 6) is -0.740. The quantitative estimate of drug-likeness (QED) is 0.707. The second kappa shape index (κ2) is 8.45. The van der Waals surface area contributed by atoms with E-state index in [1.54, 1.807) is 18.2 Å². The molecule has 0 radical (unpaired) electrons. The van der Waals surface area contributed by atoms with Crippen molar-refractivity contribution in [1.82, 2.24) is 9.80 Å². The van der Waals surface area contributed by atoms with E-state index in [-0.39, 0.29) is 18.4 Å². The molecular formula is C20H19Cl2N3O3S. The first-order chi connectivity index (χ1) is 14.0. The highest BCUT2D eigenvalue weighted by atomic mass is 35.5. The average molecular weight is 452 g/mol. The van der Waals surface area contributed by atoms with Crippen LogP contribution in [-0.2, 0) is 9.59 Å². The van der Waals surface area contributed by atoms with Crippen LogP contribution < -0.4 is 4.90 Å². The molecule has 152 valence electrons. The van der Waals surface area contributed by atoms with E-state index in [0.29, 0.717) is 59.7 Å². The lowest BCUT2D eigenvalue weighted by Crippen LogP contribution is -2.48. The molecule has 0 saturated carbocycles. The van der Waals surface area contributed by atoms with E-state index in [1.165, 1.54) is 11.3 Å². The van der Waals surface area contributed by atoms with Crippen LogP contribution >= 0.6 is 34.5 Å². The van der Waals surface area contributed by atoms with E-state index in [2.05, 4.69) is 4.90 Å². The van der Waals surface area contributed by atoms with Crippen LogP contribution in [0.5, 0.6) is 0 Å². The Morgan fingerprint density at radius 1 is 1.00 bits per heavy atom. The summed E-state index contributed by atoms with van der Waals surface area (Å²) in [5.41, 5.74) is 1.19. The van der Waals surface area contributed by atoms with Gasteiger partial charge in [-0.15, -0.1) is 11.3 Å². The Morgan fingerprint density at radius 2 is 1.69 bits per heavy atom. The number of piperazine rings is 1. The lowest BCUT2D eigenvalue weighted by Gasteiger charge is -2.36. The maximum Gasteiger partial charge on any atom is 0.282 e. The van der Waals surface area contributed by atoms with Crippen LogP contribution in [0.3, 0.4) is 0 Å². The van der Waals surface area contributed by atoms with E-state index in [1.807, 2.05) is 22.4 Å². The number of halogens is 2. The molecule has 4 rings (SSSR count). The minimum atomic E-state index is -0.372. The van der Waals surface area contributed by atoms with Crippen molar-refractivity contribution in [3.05, 3.63) is 56.3 Å². The van der Waals surface area contributed by atoms with Crippen LogP contribution in [0.15, 0.2) is 41.4 Å². The Balaban J connectivity index is 1.72. The van der Waals surface area contributed by atoms with Gasteiger partial charge in [0.25, 0.3) is 11.8 Å². The Hall–Kier alpha value is -1.90. The number of aliphatic hydroxyl groups excluding tert-OH is 1. The lowest BCUT2D eigenvalue weighted by molar-refractivity contribution is -0.120. The summed E-state index contributed by atoms with van der Waals surface area (Å²) in [6.45, 7) is 3.34. The van der Waals surface area contributed by atoms with E-state index < -0.39 is 0 Å². The molecule has 1 saturated heterocycles. The molecule has 1 aromatic carbocycles. The Morgan fingerprint density at radius 3 is 2.28 bits per heavy atom. The fourth-order valence-electron chi connectivity index (χ4n) is 3.69. The van der Waals surface area contributed by atoms with Crippen LogP contribution in [0.4, 0.5) is 5.69 Å². The number of benzene rings is 1. The van der Waals surface area contributed by atoms with Crippen LogP contribution in [0.25, 0.3) is 5.57 Å². The highest BCUT2D eigenvalue weighted by molar-refractivity contribution is 7.11. The lowest BCUT2D eigenvalue weighted by atomic mass is 10.1. The van der Waals surface area contributed by atoms with Crippen LogP contribution in [-0.4, -0.2) is 66.1 Å². The zero-order valence-corrected chi connectivity index (χ0v) is 17.8. The van der Waals surface area contributed by atoms with Crippen molar-refractivity contribution in [2.75, 3.05) is 44.2 Å². The maximum atomic E-state index is 13.4. The molecule has 2 amide bonds. The molecular weight excluding hydrogens is 433 g/mol. The van der Waals surface area contributed by atoms with Crippen molar-refractivity contribution in [1.29, 1.82) is 0 Å². The Kier molecular flexibility index (Phi) is 5.94. The van der Waals surface area contributed by atoms with E-state index in [4.69, 9.17) is 28.3 Å². The fraction of sp³-hybridized carbons (Fsp3) is 0.300. The van der Waals surface area contributed by atoms with Crippen molar-refractivity contribution in [2.45, 2.75) is 0 Å². The zero-order valence-electron chi connectivity index (χ0n) is 15.5. The first-order valence-corrected chi connectivity index (χ1v) is 10.8. The molecule has 29 heavy (non-hydrogen) atoms. The summed E-state index contributed by atoms with van der Waals surface area (Å²) >= 11 is 13.6. The number of β-amino-alcohol motifs (C(OH)–C–C–N with tert-alkyl or cyclic N) is 1. The van der Waals surface area contributed by atoms with E-state index in [9.17, 15) is 9.59 Å². The third-order valence-electron chi connectivity index (χ3n) is 5.04. The number of hydrogen-bond donors (Lipinski definition) is 1.